The number of pyridine rings is 1. The topological polar surface area (TPSA) is 50.2 Å². The van der Waals surface area contributed by atoms with Gasteiger partial charge in [-0.15, -0.1) is 0 Å². The maximum absolute atomic E-state index is 13.7. The van der Waals surface area contributed by atoms with Crippen LogP contribution in [0.5, 0.6) is 0 Å². The van der Waals surface area contributed by atoms with Crippen LogP contribution < -0.4 is 0 Å². The summed E-state index contributed by atoms with van der Waals surface area (Å²) in [7, 11) is 0. The number of aliphatic carboxylic acids is 1. The van der Waals surface area contributed by atoms with Gasteiger partial charge < -0.3 is 5.11 Å². The molecule has 0 amide bonds. The maximum atomic E-state index is 13.7. The number of aromatic nitrogens is 1. The quantitative estimate of drug-likeness (QED) is 0.930. The van der Waals surface area contributed by atoms with Gasteiger partial charge >= 0.3 is 5.97 Å². The van der Waals surface area contributed by atoms with E-state index in [4.69, 9.17) is 5.11 Å². The second-order valence-electron chi connectivity index (χ2n) is 3.82. The van der Waals surface area contributed by atoms with E-state index in [0.717, 1.165) is 18.3 Å². The molecule has 2 aromatic rings. The molecule has 0 aliphatic heterocycles. The molecule has 1 aromatic carbocycles. The zero-order valence-electron chi connectivity index (χ0n) is 9.53. The number of halogens is 3. The van der Waals surface area contributed by atoms with Gasteiger partial charge in [-0.25, -0.2) is 13.2 Å². The lowest BCUT2D eigenvalue weighted by Gasteiger charge is -2.08. The SMILES string of the molecule is O=C(O)Cc1ncc(F)cc1-c1cccc(F)c1F. The fourth-order valence-electron chi connectivity index (χ4n) is 1.70. The summed E-state index contributed by atoms with van der Waals surface area (Å²) in [6.45, 7) is 0. The highest BCUT2D eigenvalue weighted by molar-refractivity contribution is 5.75. The van der Waals surface area contributed by atoms with E-state index in [-0.39, 0.29) is 16.8 Å². The molecule has 0 saturated carbocycles. The molecule has 1 aromatic heterocycles. The van der Waals surface area contributed by atoms with E-state index >= 15 is 0 Å². The fraction of sp³-hybridized carbons (Fsp3) is 0.0769. The number of carboxylic acids is 1. The molecule has 2 rings (SSSR count). The van der Waals surface area contributed by atoms with Crippen LogP contribution in [0.25, 0.3) is 11.1 Å². The van der Waals surface area contributed by atoms with Crippen LogP contribution >= 0.6 is 0 Å². The second-order valence-corrected chi connectivity index (χ2v) is 3.82. The molecule has 0 bridgehead atoms. The molecular weight excluding hydrogens is 259 g/mol. The molecule has 0 unspecified atom stereocenters. The number of rotatable bonds is 3. The smallest absolute Gasteiger partial charge is 0.309 e. The number of carboxylic acid groups (broad SMARTS) is 1. The van der Waals surface area contributed by atoms with Crippen molar-refractivity contribution in [1.29, 1.82) is 0 Å². The largest absolute Gasteiger partial charge is 0.481 e. The summed E-state index contributed by atoms with van der Waals surface area (Å²) < 4.78 is 40.0. The summed E-state index contributed by atoms with van der Waals surface area (Å²) >= 11 is 0. The summed E-state index contributed by atoms with van der Waals surface area (Å²) in [5.74, 6) is -4.21. The lowest BCUT2D eigenvalue weighted by molar-refractivity contribution is -0.136. The van der Waals surface area contributed by atoms with Crippen LogP contribution in [0, 0.1) is 17.5 Å². The minimum absolute atomic E-state index is 0.0293. The number of hydrogen-bond donors (Lipinski definition) is 1. The van der Waals surface area contributed by atoms with Crippen LogP contribution in [0.3, 0.4) is 0 Å². The molecule has 0 spiro atoms. The van der Waals surface area contributed by atoms with Crippen molar-refractivity contribution in [2.45, 2.75) is 6.42 Å². The number of hydrogen-bond acceptors (Lipinski definition) is 2. The molecule has 1 N–H and O–H groups in total. The first kappa shape index (κ1) is 13.1. The van der Waals surface area contributed by atoms with E-state index in [0.29, 0.717) is 0 Å². The Labute approximate surface area is 106 Å². The van der Waals surface area contributed by atoms with E-state index in [1.165, 1.54) is 12.1 Å². The van der Waals surface area contributed by atoms with Crippen LogP contribution in [-0.2, 0) is 11.2 Å². The van der Waals surface area contributed by atoms with Gasteiger partial charge in [0, 0.05) is 11.1 Å². The Kier molecular flexibility index (Phi) is 3.50. The monoisotopic (exact) mass is 267 g/mol. The van der Waals surface area contributed by atoms with Gasteiger partial charge in [-0.3, -0.25) is 9.78 Å². The Hall–Kier alpha value is -2.37. The van der Waals surface area contributed by atoms with E-state index in [1.807, 2.05) is 0 Å². The number of nitrogens with zero attached hydrogens (tertiary/aromatic N) is 1. The van der Waals surface area contributed by atoms with Crippen molar-refractivity contribution >= 4 is 5.97 Å². The zero-order chi connectivity index (χ0) is 14.0. The minimum Gasteiger partial charge on any atom is -0.481 e. The number of carbonyl (C=O) groups is 1. The van der Waals surface area contributed by atoms with Gasteiger partial charge in [0.1, 0.15) is 5.82 Å². The Morgan fingerprint density at radius 2 is 1.95 bits per heavy atom. The normalized spacial score (nSPS) is 10.5. The summed E-state index contributed by atoms with van der Waals surface area (Å²) in [4.78, 5) is 14.3. The Balaban J connectivity index is 2.62. The highest BCUT2D eigenvalue weighted by atomic mass is 19.2. The minimum atomic E-state index is -1.20. The lowest BCUT2D eigenvalue weighted by atomic mass is 10.0. The third-order valence-electron chi connectivity index (χ3n) is 2.50. The predicted molar refractivity (Wildman–Crippen MR) is 60.9 cm³/mol. The molecule has 6 heteroatoms. The molecule has 0 aliphatic carbocycles. The lowest BCUT2D eigenvalue weighted by Crippen LogP contribution is -2.05. The first-order valence-corrected chi connectivity index (χ1v) is 5.29. The first-order chi connectivity index (χ1) is 8.99. The first-order valence-electron chi connectivity index (χ1n) is 5.29. The maximum Gasteiger partial charge on any atom is 0.309 e. The molecular formula is C13H8F3NO2. The highest BCUT2D eigenvalue weighted by Gasteiger charge is 2.16. The number of benzene rings is 1. The molecule has 0 atom stereocenters. The predicted octanol–water partition coefficient (Wildman–Crippen LogP) is 2.79. The van der Waals surface area contributed by atoms with Gasteiger partial charge in [0.25, 0.3) is 0 Å². The summed E-state index contributed by atoms with van der Waals surface area (Å²) in [6.07, 6.45) is 0.324. The third-order valence-corrected chi connectivity index (χ3v) is 2.50. The van der Waals surface area contributed by atoms with E-state index in [9.17, 15) is 18.0 Å². The van der Waals surface area contributed by atoms with Crippen molar-refractivity contribution in [3.8, 4) is 11.1 Å². The van der Waals surface area contributed by atoms with Crippen LogP contribution in [0.15, 0.2) is 30.5 Å². The molecule has 1 heterocycles. The molecule has 0 aliphatic rings. The third kappa shape index (κ3) is 2.73. The highest BCUT2D eigenvalue weighted by Crippen LogP contribution is 2.27. The molecule has 19 heavy (non-hydrogen) atoms. The molecule has 98 valence electrons. The van der Waals surface area contributed by atoms with Crippen molar-refractivity contribution < 1.29 is 23.1 Å². The second kappa shape index (κ2) is 5.09. The van der Waals surface area contributed by atoms with E-state index in [1.54, 1.807) is 0 Å². The van der Waals surface area contributed by atoms with Crippen molar-refractivity contribution in [2.24, 2.45) is 0 Å². The molecule has 0 saturated heterocycles. The average molecular weight is 267 g/mol. The molecule has 0 radical (unpaired) electrons. The standard InChI is InChI=1S/C13H8F3NO2/c14-7-4-9(11(17-6-7)5-12(18)19)8-2-1-3-10(15)13(8)16/h1-4,6H,5H2,(H,18,19). The summed E-state index contributed by atoms with van der Waals surface area (Å²) in [5, 5.41) is 8.73. The summed E-state index contributed by atoms with van der Waals surface area (Å²) in [5.41, 5.74) is -0.318. The van der Waals surface area contributed by atoms with Gasteiger partial charge in [0.15, 0.2) is 11.6 Å². The van der Waals surface area contributed by atoms with E-state index < -0.39 is 29.8 Å². The van der Waals surface area contributed by atoms with Gasteiger partial charge in [0.05, 0.1) is 18.3 Å². The Bertz CT molecular complexity index is 644. The molecule has 0 fully saturated rings. The van der Waals surface area contributed by atoms with Crippen LogP contribution in [0.4, 0.5) is 13.2 Å². The fourth-order valence-corrected chi connectivity index (χ4v) is 1.70. The summed E-state index contributed by atoms with van der Waals surface area (Å²) in [6, 6.07) is 4.34. The van der Waals surface area contributed by atoms with Crippen molar-refractivity contribution in [1.82, 2.24) is 4.98 Å². The average Bonchev–Trinajstić information content (AvgIpc) is 2.35. The van der Waals surface area contributed by atoms with Crippen LogP contribution in [0.1, 0.15) is 5.69 Å². The molecule has 3 nitrogen and oxygen atoms in total. The zero-order valence-corrected chi connectivity index (χ0v) is 9.53. The van der Waals surface area contributed by atoms with E-state index in [2.05, 4.69) is 4.98 Å². The Morgan fingerprint density at radius 1 is 1.21 bits per heavy atom. The van der Waals surface area contributed by atoms with Crippen molar-refractivity contribution in [3.63, 3.8) is 0 Å². The van der Waals surface area contributed by atoms with Crippen LogP contribution in [-0.4, -0.2) is 16.1 Å². The van der Waals surface area contributed by atoms with Crippen molar-refractivity contribution in [2.75, 3.05) is 0 Å². The van der Waals surface area contributed by atoms with Crippen molar-refractivity contribution in [3.05, 3.63) is 53.6 Å². The van der Waals surface area contributed by atoms with Gasteiger partial charge in [0.2, 0.25) is 0 Å². The van der Waals surface area contributed by atoms with Gasteiger partial charge in [-0.2, -0.15) is 0 Å². The van der Waals surface area contributed by atoms with Gasteiger partial charge in [-0.05, 0) is 12.1 Å². The Morgan fingerprint density at radius 3 is 2.63 bits per heavy atom. The van der Waals surface area contributed by atoms with Gasteiger partial charge in [-0.1, -0.05) is 12.1 Å². The van der Waals surface area contributed by atoms with Crippen LogP contribution in [0.2, 0.25) is 0 Å².